The van der Waals surface area contributed by atoms with Gasteiger partial charge in [-0.25, -0.2) is 4.39 Å². The van der Waals surface area contributed by atoms with Crippen molar-refractivity contribution >= 4 is 17.5 Å². The number of para-hydroxylation sites is 1. The molecule has 3 aromatic rings. The maximum atomic E-state index is 13.5. The quantitative estimate of drug-likeness (QED) is 0.621. The van der Waals surface area contributed by atoms with Crippen LogP contribution in [-0.4, -0.2) is 51.2 Å². The van der Waals surface area contributed by atoms with Crippen molar-refractivity contribution in [1.82, 2.24) is 25.1 Å². The average Bonchev–Trinajstić information content (AvgIpc) is 3.12. The molecule has 0 aliphatic rings. The number of amides is 1. The van der Waals surface area contributed by atoms with Gasteiger partial charge in [0, 0.05) is 17.6 Å². The first-order chi connectivity index (χ1) is 13.0. The maximum absolute atomic E-state index is 13.5. The normalized spacial score (nSPS) is 10.6. The van der Waals surface area contributed by atoms with Gasteiger partial charge in [-0.1, -0.05) is 23.7 Å². The van der Waals surface area contributed by atoms with Gasteiger partial charge in [0.2, 0.25) is 11.7 Å². The van der Waals surface area contributed by atoms with Gasteiger partial charge >= 0.3 is 0 Å². The van der Waals surface area contributed by atoms with Crippen molar-refractivity contribution in [1.29, 1.82) is 0 Å². The van der Waals surface area contributed by atoms with E-state index in [0.29, 0.717) is 17.4 Å². The first kappa shape index (κ1) is 18.8. The fourth-order valence-electron chi connectivity index (χ4n) is 2.25. The molecule has 2 aromatic carbocycles. The lowest BCUT2D eigenvalue weighted by Crippen LogP contribution is -2.34. The fraction of sp³-hybridized carbons (Fsp3) is 0.222. The van der Waals surface area contributed by atoms with E-state index in [1.807, 2.05) is 0 Å². The molecule has 0 saturated carbocycles. The Balaban J connectivity index is 1.51. The third-order valence-corrected chi connectivity index (χ3v) is 4.03. The lowest BCUT2D eigenvalue weighted by atomic mass is 10.2. The van der Waals surface area contributed by atoms with Crippen LogP contribution in [0.4, 0.5) is 4.39 Å². The number of rotatable bonds is 7. The molecule has 0 saturated heterocycles. The number of ether oxygens (including phenoxy) is 1. The summed E-state index contributed by atoms with van der Waals surface area (Å²) in [6.07, 6.45) is 0. The van der Waals surface area contributed by atoms with E-state index in [2.05, 4.69) is 15.4 Å². The number of aromatic nitrogens is 4. The Bertz CT molecular complexity index is 916. The van der Waals surface area contributed by atoms with Crippen LogP contribution in [0.15, 0.2) is 48.5 Å². The highest BCUT2D eigenvalue weighted by Gasteiger charge is 2.13. The molecule has 27 heavy (non-hydrogen) atoms. The lowest BCUT2D eigenvalue weighted by molar-refractivity contribution is -0.131. The van der Waals surface area contributed by atoms with Gasteiger partial charge in [-0.05, 0) is 41.6 Å². The highest BCUT2D eigenvalue weighted by molar-refractivity contribution is 6.30. The molecule has 1 heterocycles. The van der Waals surface area contributed by atoms with Gasteiger partial charge in [-0.3, -0.25) is 4.79 Å². The number of hydrogen-bond donors (Lipinski definition) is 0. The second-order valence-corrected chi connectivity index (χ2v) is 6.18. The monoisotopic (exact) mass is 389 g/mol. The largest absolute Gasteiger partial charge is 0.489 e. The van der Waals surface area contributed by atoms with Crippen molar-refractivity contribution < 1.29 is 13.9 Å². The number of halogens is 2. The molecule has 0 fully saturated rings. The number of carbonyl (C=O) groups excluding carboxylic acids is 1. The SMILES string of the molecule is CN(CCOc1ccccc1F)C(=O)Cn1nnc(-c2ccc(Cl)cc2)n1. The Morgan fingerprint density at radius 2 is 1.96 bits per heavy atom. The molecule has 1 aromatic heterocycles. The van der Waals surface area contributed by atoms with Crippen LogP contribution in [0.5, 0.6) is 5.75 Å². The summed E-state index contributed by atoms with van der Waals surface area (Å²) in [6.45, 7) is 0.409. The molecule has 0 N–H and O–H groups in total. The van der Waals surface area contributed by atoms with E-state index in [-0.39, 0.29) is 24.8 Å². The second kappa shape index (κ2) is 8.59. The molecule has 3 rings (SSSR count). The molecule has 0 spiro atoms. The summed E-state index contributed by atoms with van der Waals surface area (Å²) < 4.78 is 18.8. The summed E-state index contributed by atoms with van der Waals surface area (Å²) in [6, 6.07) is 13.1. The third-order valence-electron chi connectivity index (χ3n) is 3.78. The number of nitrogens with zero attached hydrogens (tertiary/aromatic N) is 5. The van der Waals surface area contributed by atoms with Crippen LogP contribution < -0.4 is 4.74 Å². The minimum Gasteiger partial charge on any atom is -0.489 e. The highest BCUT2D eigenvalue weighted by atomic mass is 35.5. The van der Waals surface area contributed by atoms with Gasteiger partial charge in [0.15, 0.2) is 11.6 Å². The average molecular weight is 390 g/mol. The lowest BCUT2D eigenvalue weighted by Gasteiger charge is -2.17. The van der Waals surface area contributed by atoms with Gasteiger partial charge in [-0.15, -0.1) is 10.2 Å². The van der Waals surface area contributed by atoms with E-state index in [9.17, 15) is 9.18 Å². The van der Waals surface area contributed by atoms with Crippen LogP contribution in [0, 0.1) is 5.82 Å². The number of carbonyl (C=O) groups is 1. The number of hydrogen-bond acceptors (Lipinski definition) is 5. The Morgan fingerprint density at radius 1 is 1.22 bits per heavy atom. The summed E-state index contributed by atoms with van der Waals surface area (Å²) in [4.78, 5) is 14.9. The molecule has 0 atom stereocenters. The third kappa shape index (κ3) is 5.01. The van der Waals surface area contributed by atoms with Crippen LogP contribution >= 0.6 is 11.6 Å². The van der Waals surface area contributed by atoms with Crippen molar-refractivity contribution in [3.63, 3.8) is 0 Å². The molecule has 0 aliphatic heterocycles. The van der Waals surface area contributed by atoms with E-state index < -0.39 is 5.82 Å². The zero-order valence-corrected chi connectivity index (χ0v) is 15.3. The predicted molar refractivity (Wildman–Crippen MR) is 97.8 cm³/mol. The Labute approximate surface area is 160 Å². The topological polar surface area (TPSA) is 73.1 Å². The molecule has 0 radical (unpaired) electrons. The molecular formula is C18H17ClFN5O2. The van der Waals surface area contributed by atoms with Crippen molar-refractivity contribution in [2.75, 3.05) is 20.2 Å². The summed E-state index contributed by atoms with van der Waals surface area (Å²) >= 11 is 5.85. The second-order valence-electron chi connectivity index (χ2n) is 5.74. The van der Waals surface area contributed by atoms with E-state index in [1.165, 1.54) is 21.8 Å². The van der Waals surface area contributed by atoms with Crippen LogP contribution in [-0.2, 0) is 11.3 Å². The van der Waals surface area contributed by atoms with Crippen molar-refractivity contribution in [3.8, 4) is 17.1 Å². The van der Waals surface area contributed by atoms with Crippen LogP contribution in [0.1, 0.15) is 0 Å². The highest BCUT2D eigenvalue weighted by Crippen LogP contribution is 2.17. The number of benzene rings is 2. The summed E-state index contributed by atoms with van der Waals surface area (Å²) in [5.74, 6) is -0.0888. The van der Waals surface area contributed by atoms with Gasteiger partial charge in [0.25, 0.3) is 0 Å². The van der Waals surface area contributed by atoms with Crippen LogP contribution in [0.25, 0.3) is 11.4 Å². The molecule has 0 bridgehead atoms. The molecule has 9 heteroatoms. The molecule has 140 valence electrons. The Morgan fingerprint density at radius 3 is 2.70 bits per heavy atom. The van der Waals surface area contributed by atoms with E-state index in [0.717, 1.165) is 5.56 Å². The molecular weight excluding hydrogens is 373 g/mol. The number of likely N-dealkylation sites (N-methyl/N-ethyl adjacent to an activating group) is 1. The van der Waals surface area contributed by atoms with Crippen LogP contribution in [0.3, 0.4) is 0 Å². The minimum atomic E-state index is -0.437. The van der Waals surface area contributed by atoms with Gasteiger partial charge in [0.1, 0.15) is 13.2 Å². The molecule has 0 unspecified atom stereocenters. The molecule has 7 nitrogen and oxygen atoms in total. The Hall–Kier alpha value is -3.00. The molecule has 1 amide bonds. The first-order valence-corrected chi connectivity index (χ1v) is 8.56. The fourth-order valence-corrected chi connectivity index (χ4v) is 2.37. The van der Waals surface area contributed by atoms with Crippen LogP contribution in [0.2, 0.25) is 5.02 Å². The van der Waals surface area contributed by atoms with Crippen molar-refractivity contribution in [2.24, 2.45) is 0 Å². The number of tetrazole rings is 1. The van der Waals surface area contributed by atoms with E-state index in [4.69, 9.17) is 16.3 Å². The zero-order valence-electron chi connectivity index (χ0n) is 14.5. The summed E-state index contributed by atoms with van der Waals surface area (Å²) in [5, 5.41) is 12.6. The van der Waals surface area contributed by atoms with E-state index in [1.54, 1.807) is 43.4 Å². The standard InChI is InChI=1S/C18H17ClFN5O2/c1-24(10-11-27-16-5-3-2-4-15(16)20)17(26)12-25-22-18(21-23-25)13-6-8-14(19)9-7-13/h2-9H,10-12H2,1H3. The summed E-state index contributed by atoms with van der Waals surface area (Å²) in [5.41, 5.74) is 0.754. The summed E-state index contributed by atoms with van der Waals surface area (Å²) in [7, 11) is 1.63. The maximum Gasteiger partial charge on any atom is 0.246 e. The first-order valence-electron chi connectivity index (χ1n) is 8.18. The zero-order chi connectivity index (χ0) is 19.2. The Kier molecular flexibility index (Phi) is 5.97. The van der Waals surface area contributed by atoms with Gasteiger partial charge in [-0.2, -0.15) is 4.80 Å². The van der Waals surface area contributed by atoms with E-state index >= 15 is 0 Å². The smallest absolute Gasteiger partial charge is 0.246 e. The van der Waals surface area contributed by atoms with Gasteiger partial charge < -0.3 is 9.64 Å². The minimum absolute atomic E-state index is 0.0587. The van der Waals surface area contributed by atoms with Crippen molar-refractivity contribution in [3.05, 3.63) is 59.4 Å². The van der Waals surface area contributed by atoms with Crippen molar-refractivity contribution in [2.45, 2.75) is 6.54 Å². The predicted octanol–water partition coefficient (Wildman–Crippen LogP) is 2.67. The van der Waals surface area contributed by atoms with Gasteiger partial charge in [0.05, 0.1) is 6.54 Å². The molecule has 0 aliphatic carbocycles.